The molecule has 0 bridgehead atoms. The van der Waals surface area contributed by atoms with Crippen LogP contribution >= 0.6 is 15.9 Å². The van der Waals surface area contributed by atoms with Crippen molar-refractivity contribution in [3.8, 4) is 5.75 Å². The second kappa shape index (κ2) is 5.69. The molecule has 1 aromatic heterocycles. The Morgan fingerprint density at radius 1 is 1.59 bits per heavy atom. The van der Waals surface area contributed by atoms with Gasteiger partial charge in [-0.2, -0.15) is 0 Å². The first-order valence-electron chi connectivity index (χ1n) is 5.70. The van der Waals surface area contributed by atoms with Crippen LogP contribution in [0.2, 0.25) is 0 Å². The second-order valence-electron chi connectivity index (χ2n) is 4.16. The summed E-state index contributed by atoms with van der Waals surface area (Å²) in [7, 11) is 1.67. The first kappa shape index (κ1) is 12.6. The van der Waals surface area contributed by atoms with Gasteiger partial charge in [-0.15, -0.1) is 0 Å². The van der Waals surface area contributed by atoms with Gasteiger partial charge in [0.05, 0.1) is 19.3 Å². The van der Waals surface area contributed by atoms with Crippen LogP contribution < -0.4 is 9.64 Å². The van der Waals surface area contributed by atoms with Gasteiger partial charge in [-0.05, 0) is 19.1 Å². The average Bonchev–Trinajstić information content (AvgIpc) is 2.37. The summed E-state index contributed by atoms with van der Waals surface area (Å²) in [6.45, 7) is 3.76. The van der Waals surface area contributed by atoms with E-state index in [-0.39, 0.29) is 12.2 Å². The Morgan fingerprint density at radius 3 is 3.12 bits per heavy atom. The Hall–Kier alpha value is -0.810. The van der Waals surface area contributed by atoms with Crippen molar-refractivity contribution < 1.29 is 9.47 Å². The summed E-state index contributed by atoms with van der Waals surface area (Å²) in [5.74, 6) is 1.71. The van der Waals surface area contributed by atoms with Gasteiger partial charge in [0.25, 0.3) is 0 Å². The summed E-state index contributed by atoms with van der Waals surface area (Å²) in [6.07, 6.45) is 2.20. The molecule has 2 unspecified atom stereocenters. The Bertz CT molecular complexity index is 375. The third-order valence-electron chi connectivity index (χ3n) is 2.77. The summed E-state index contributed by atoms with van der Waals surface area (Å²) in [5.41, 5.74) is 0. The summed E-state index contributed by atoms with van der Waals surface area (Å²) < 4.78 is 11.1. The highest BCUT2D eigenvalue weighted by Gasteiger charge is 2.26. The predicted molar refractivity (Wildman–Crippen MR) is 71.1 cm³/mol. The number of pyridine rings is 1. The van der Waals surface area contributed by atoms with Crippen LogP contribution in [0.4, 0.5) is 5.82 Å². The molecule has 0 N–H and O–H groups in total. The molecule has 1 aromatic rings. The molecular formula is C12H17BrN2O2. The van der Waals surface area contributed by atoms with Crippen LogP contribution in [0.25, 0.3) is 0 Å². The van der Waals surface area contributed by atoms with E-state index in [9.17, 15) is 0 Å². The number of anilines is 1. The predicted octanol–water partition coefficient (Wildman–Crippen LogP) is 2.08. The number of morpholine rings is 1. The lowest BCUT2D eigenvalue weighted by Crippen LogP contribution is -2.47. The number of methoxy groups -OCH3 is 1. The molecule has 0 aromatic carbocycles. The van der Waals surface area contributed by atoms with E-state index in [1.807, 2.05) is 12.1 Å². The first-order valence-corrected chi connectivity index (χ1v) is 6.82. The third kappa shape index (κ3) is 2.90. The Kier molecular flexibility index (Phi) is 4.23. The maximum absolute atomic E-state index is 5.80. The van der Waals surface area contributed by atoms with Crippen LogP contribution in [0.3, 0.4) is 0 Å². The van der Waals surface area contributed by atoms with Crippen LogP contribution in [-0.4, -0.2) is 42.7 Å². The maximum atomic E-state index is 5.80. The number of hydrogen-bond donors (Lipinski definition) is 0. The van der Waals surface area contributed by atoms with Crippen molar-refractivity contribution in [1.29, 1.82) is 0 Å². The van der Waals surface area contributed by atoms with E-state index >= 15 is 0 Å². The van der Waals surface area contributed by atoms with E-state index in [4.69, 9.17) is 9.47 Å². The molecule has 17 heavy (non-hydrogen) atoms. The molecule has 1 saturated heterocycles. The smallest absolute Gasteiger partial charge is 0.171 e. The van der Waals surface area contributed by atoms with Crippen LogP contribution in [-0.2, 0) is 4.74 Å². The summed E-state index contributed by atoms with van der Waals surface area (Å²) >= 11 is 3.47. The maximum Gasteiger partial charge on any atom is 0.171 e. The summed E-state index contributed by atoms with van der Waals surface area (Å²) in [5, 5.41) is 0.836. The number of halogens is 1. The van der Waals surface area contributed by atoms with Gasteiger partial charge in [-0.1, -0.05) is 15.9 Å². The molecule has 2 heterocycles. The van der Waals surface area contributed by atoms with E-state index in [2.05, 4.69) is 32.7 Å². The molecule has 1 fully saturated rings. The Labute approximate surface area is 110 Å². The highest BCUT2D eigenvalue weighted by molar-refractivity contribution is 9.09. The minimum Gasteiger partial charge on any atom is -0.493 e. The fraction of sp³-hybridized carbons (Fsp3) is 0.583. The lowest BCUT2D eigenvalue weighted by Gasteiger charge is -2.37. The highest BCUT2D eigenvalue weighted by Crippen LogP contribution is 2.27. The van der Waals surface area contributed by atoms with Gasteiger partial charge in [-0.3, -0.25) is 0 Å². The van der Waals surface area contributed by atoms with Gasteiger partial charge >= 0.3 is 0 Å². The van der Waals surface area contributed by atoms with E-state index in [0.717, 1.165) is 30.0 Å². The second-order valence-corrected chi connectivity index (χ2v) is 4.80. The summed E-state index contributed by atoms with van der Waals surface area (Å²) in [4.78, 5) is 6.63. The molecule has 0 saturated carbocycles. The molecule has 4 nitrogen and oxygen atoms in total. The van der Waals surface area contributed by atoms with Crippen molar-refractivity contribution in [3.63, 3.8) is 0 Å². The fourth-order valence-corrected chi connectivity index (χ4v) is 2.44. The molecule has 0 radical (unpaired) electrons. The lowest BCUT2D eigenvalue weighted by atomic mass is 10.2. The lowest BCUT2D eigenvalue weighted by molar-refractivity contribution is -0.00235. The van der Waals surface area contributed by atoms with Crippen molar-refractivity contribution in [2.45, 2.75) is 19.1 Å². The number of hydrogen-bond acceptors (Lipinski definition) is 4. The molecule has 1 aliphatic heterocycles. The SMILES string of the molecule is COc1cccnc1N1CC(C)OC(CBr)C1. The topological polar surface area (TPSA) is 34.6 Å². The molecule has 0 spiro atoms. The van der Waals surface area contributed by atoms with E-state index < -0.39 is 0 Å². The number of ether oxygens (including phenoxy) is 2. The van der Waals surface area contributed by atoms with Gasteiger partial charge in [0, 0.05) is 24.6 Å². The van der Waals surface area contributed by atoms with Gasteiger partial charge in [0.2, 0.25) is 0 Å². The molecule has 2 rings (SSSR count). The zero-order valence-electron chi connectivity index (χ0n) is 10.1. The standard InChI is InChI=1S/C12H17BrN2O2/c1-9-7-15(8-10(6-13)17-9)12-11(16-2)4-3-5-14-12/h3-5,9-10H,6-8H2,1-2H3. The number of rotatable bonds is 3. The van der Waals surface area contributed by atoms with Crippen LogP contribution in [0, 0.1) is 0 Å². The third-order valence-corrected chi connectivity index (χ3v) is 3.49. The summed E-state index contributed by atoms with van der Waals surface area (Å²) in [6, 6.07) is 3.82. The molecule has 0 amide bonds. The van der Waals surface area contributed by atoms with E-state index in [0.29, 0.717) is 0 Å². The van der Waals surface area contributed by atoms with Crippen LogP contribution in [0.5, 0.6) is 5.75 Å². The minimum atomic E-state index is 0.200. The van der Waals surface area contributed by atoms with Gasteiger partial charge in [0.1, 0.15) is 0 Å². The Balaban J connectivity index is 2.20. The quantitative estimate of drug-likeness (QED) is 0.801. The molecule has 1 aliphatic rings. The van der Waals surface area contributed by atoms with Crippen molar-refractivity contribution in [2.24, 2.45) is 0 Å². The van der Waals surface area contributed by atoms with Gasteiger partial charge in [-0.25, -0.2) is 4.98 Å². The number of nitrogens with zero attached hydrogens (tertiary/aromatic N) is 2. The largest absolute Gasteiger partial charge is 0.493 e. The van der Waals surface area contributed by atoms with Gasteiger partial charge in [0.15, 0.2) is 11.6 Å². The van der Waals surface area contributed by atoms with Gasteiger partial charge < -0.3 is 14.4 Å². The van der Waals surface area contributed by atoms with Crippen molar-refractivity contribution in [3.05, 3.63) is 18.3 Å². The molecule has 2 atom stereocenters. The number of aromatic nitrogens is 1. The minimum absolute atomic E-state index is 0.200. The molecular weight excluding hydrogens is 284 g/mol. The average molecular weight is 301 g/mol. The van der Waals surface area contributed by atoms with E-state index in [1.54, 1.807) is 13.3 Å². The molecule has 5 heteroatoms. The first-order chi connectivity index (χ1) is 8.24. The normalized spacial score (nSPS) is 24.8. The monoisotopic (exact) mass is 300 g/mol. The Morgan fingerprint density at radius 2 is 2.41 bits per heavy atom. The van der Waals surface area contributed by atoms with Crippen LogP contribution in [0.15, 0.2) is 18.3 Å². The molecule has 94 valence electrons. The van der Waals surface area contributed by atoms with Crippen molar-refractivity contribution in [1.82, 2.24) is 4.98 Å². The fourth-order valence-electron chi connectivity index (χ4n) is 2.08. The zero-order valence-corrected chi connectivity index (χ0v) is 11.7. The zero-order chi connectivity index (χ0) is 12.3. The van der Waals surface area contributed by atoms with Crippen LogP contribution in [0.1, 0.15) is 6.92 Å². The van der Waals surface area contributed by atoms with E-state index in [1.165, 1.54) is 0 Å². The number of alkyl halides is 1. The molecule has 0 aliphatic carbocycles. The highest BCUT2D eigenvalue weighted by atomic mass is 79.9. The van der Waals surface area contributed by atoms with Crippen molar-refractivity contribution in [2.75, 3.05) is 30.4 Å². The van der Waals surface area contributed by atoms with Crippen molar-refractivity contribution >= 4 is 21.7 Å².